The van der Waals surface area contributed by atoms with Gasteiger partial charge >= 0.3 is 5.97 Å². The largest absolute Gasteiger partial charge is 0.479 e. The Bertz CT molecular complexity index is 1440. The molecule has 0 atom stereocenters. The average molecular weight is 479 g/mol. The zero-order chi connectivity index (χ0) is 22.6. The lowest BCUT2D eigenvalue weighted by molar-refractivity contribution is -0.162. The van der Waals surface area contributed by atoms with Crippen LogP contribution in [0.15, 0.2) is 47.4 Å². The van der Waals surface area contributed by atoms with Crippen LogP contribution in [0.5, 0.6) is 0 Å². The van der Waals surface area contributed by atoms with E-state index in [0.717, 1.165) is 9.71 Å². The fourth-order valence-electron chi connectivity index (χ4n) is 3.21. The van der Waals surface area contributed by atoms with Crippen LogP contribution >= 0.6 is 22.9 Å². The third-order valence-electron chi connectivity index (χ3n) is 4.89. The van der Waals surface area contributed by atoms with Crippen LogP contribution in [0.1, 0.15) is 24.5 Å². The summed E-state index contributed by atoms with van der Waals surface area (Å²) in [5.74, 6) is -1.15. The van der Waals surface area contributed by atoms with Gasteiger partial charge in [-0.05, 0) is 63.2 Å². The molecule has 2 heterocycles. The van der Waals surface area contributed by atoms with Crippen molar-refractivity contribution in [2.75, 3.05) is 0 Å². The summed E-state index contributed by atoms with van der Waals surface area (Å²) in [6.45, 7) is 4.46. The normalized spacial score (nSPS) is 12.6. The Morgan fingerprint density at radius 2 is 1.97 bits per heavy atom. The Balaban J connectivity index is 1.88. The van der Waals surface area contributed by atoms with Crippen LogP contribution in [0.3, 0.4) is 0 Å². The molecule has 162 valence electrons. The monoisotopic (exact) mass is 478 g/mol. The maximum atomic E-state index is 13.7. The molecule has 1 N–H and O–H groups in total. The standard InChI is InChI=1S/C21H19ClN2O5S2/c1-12-23-17-10-16(5-7-19(17)30-12)31(27,28)24-15(11-29-21(2,3)20(25)26)9-13-8-14(22)4-6-18(13)24/h4-10H,11H2,1-3H3,(H,25,26). The summed E-state index contributed by atoms with van der Waals surface area (Å²) in [6.07, 6.45) is 0. The number of fused-ring (bicyclic) bond motifs is 2. The highest BCUT2D eigenvalue weighted by Gasteiger charge is 2.30. The second-order valence-corrected chi connectivity index (χ2v) is 11.0. The molecule has 0 bridgehead atoms. The number of ether oxygens (including phenoxy) is 1. The number of thiazole rings is 1. The number of hydrogen-bond acceptors (Lipinski definition) is 6. The highest BCUT2D eigenvalue weighted by Crippen LogP contribution is 2.31. The Morgan fingerprint density at radius 3 is 2.68 bits per heavy atom. The first-order valence-electron chi connectivity index (χ1n) is 9.29. The highest BCUT2D eigenvalue weighted by atomic mass is 35.5. The van der Waals surface area contributed by atoms with Gasteiger partial charge in [0.2, 0.25) is 0 Å². The number of aryl methyl sites for hydroxylation is 1. The number of halogens is 1. The predicted molar refractivity (Wildman–Crippen MR) is 120 cm³/mol. The highest BCUT2D eigenvalue weighted by molar-refractivity contribution is 7.90. The minimum atomic E-state index is -4.03. The van der Waals surface area contributed by atoms with Crippen molar-refractivity contribution in [2.24, 2.45) is 0 Å². The average Bonchev–Trinajstić information content (AvgIpc) is 3.24. The third-order valence-corrected chi connectivity index (χ3v) is 7.84. The van der Waals surface area contributed by atoms with E-state index in [2.05, 4.69) is 4.98 Å². The van der Waals surface area contributed by atoms with Gasteiger partial charge in [0.05, 0.1) is 37.9 Å². The molecule has 0 radical (unpaired) electrons. The summed E-state index contributed by atoms with van der Waals surface area (Å²) in [6, 6.07) is 11.3. The van der Waals surface area contributed by atoms with Gasteiger partial charge in [-0.3, -0.25) is 0 Å². The van der Waals surface area contributed by atoms with Crippen LogP contribution in [0.4, 0.5) is 0 Å². The van der Waals surface area contributed by atoms with E-state index in [9.17, 15) is 18.3 Å². The number of benzene rings is 2. The lowest BCUT2D eigenvalue weighted by Gasteiger charge is -2.20. The molecule has 10 heteroatoms. The summed E-state index contributed by atoms with van der Waals surface area (Å²) in [7, 11) is -4.03. The SMILES string of the molecule is Cc1nc2cc(S(=O)(=O)n3c(COC(C)(C)C(=O)O)cc4cc(Cl)ccc43)ccc2s1. The van der Waals surface area contributed by atoms with Gasteiger partial charge in [-0.1, -0.05) is 11.6 Å². The summed E-state index contributed by atoms with van der Waals surface area (Å²) in [5.41, 5.74) is -0.167. The molecule has 7 nitrogen and oxygen atoms in total. The van der Waals surface area contributed by atoms with E-state index in [0.29, 0.717) is 27.1 Å². The van der Waals surface area contributed by atoms with Crippen LogP contribution in [0, 0.1) is 6.92 Å². The maximum absolute atomic E-state index is 13.7. The molecule has 0 amide bonds. The number of aromatic nitrogens is 2. The van der Waals surface area contributed by atoms with Crippen molar-refractivity contribution >= 4 is 60.0 Å². The zero-order valence-corrected chi connectivity index (χ0v) is 19.3. The molecule has 0 aliphatic carbocycles. The van der Waals surface area contributed by atoms with Crippen molar-refractivity contribution in [3.05, 3.63) is 58.2 Å². The number of nitrogens with zero attached hydrogens (tertiary/aromatic N) is 2. The lowest BCUT2D eigenvalue weighted by atomic mass is 10.1. The zero-order valence-electron chi connectivity index (χ0n) is 16.9. The van der Waals surface area contributed by atoms with E-state index >= 15 is 0 Å². The second-order valence-electron chi connectivity index (χ2n) is 7.57. The predicted octanol–water partition coefficient (Wildman–Crippen LogP) is 4.83. The van der Waals surface area contributed by atoms with E-state index in [-0.39, 0.29) is 11.5 Å². The molecular formula is C21H19ClN2O5S2. The molecule has 2 aromatic heterocycles. The molecule has 0 aliphatic rings. The van der Waals surface area contributed by atoms with Gasteiger partial charge < -0.3 is 9.84 Å². The Kier molecular flexibility index (Phi) is 5.33. The van der Waals surface area contributed by atoms with Crippen molar-refractivity contribution in [1.82, 2.24) is 8.96 Å². The second kappa shape index (κ2) is 7.59. The van der Waals surface area contributed by atoms with E-state index in [4.69, 9.17) is 16.3 Å². The summed E-state index contributed by atoms with van der Waals surface area (Å²) in [5, 5.41) is 11.2. The van der Waals surface area contributed by atoms with Crippen LogP contribution in [-0.4, -0.2) is 34.1 Å². The molecule has 4 aromatic rings. The number of aliphatic carboxylic acids is 1. The molecule has 0 saturated carbocycles. The van der Waals surface area contributed by atoms with Crippen molar-refractivity contribution in [3.63, 3.8) is 0 Å². The van der Waals surface area contributed by atoms with E-state index in [1.54, 1.807) is 42.5 Å². The molecule has 0 spiro atoms. The Labute approximate surface area is 187 Å². The molecular weight excluding hydrogens is 460 g/mol. The smallest absolute Gasteiger partial charge is 0.335 e. The fourth-order valence-corrected chi connectivity index (χ4v) is 5.75. The third kappa shape index (κ3) is 3.94. The van der Waals surface area contributed by atoms with Gasteiger partial charge in [0.25, 0.3) is 10.0 Å². The first-order chi connectivity index (χ1) is 14.5. The molecule has 31 heavy (non-hydrogen) atoms. The van der Waals surface area contributed by atoms with Gasteiger partial charge in [-0.15, -0.1) is 11.3 Å². The van der Waals surface area contributed by atoms with Gasteiger partial charge in [0.1, 0.15) is 0 Å². The maximum Gasteiger partial charge on any atom is 0.335 e. The van der Waals surface area contributed by atoms with Crippen LogP contribution in [-0.2, 0) is 26.2 Å². The molecule has 0 unspecified atom stereocenters. The van der Waals surface area contributed by atoms with Gasteiger partial charge in [0, 0.05) is 10.4 Å². The molecule has 4 rings (SSSR count). The Hall–Kier alpha value is -2.46. The van der Waals surface area contributed by atoms with Crippen LogP contribution in [0.2, 0.25) is 5.02 Å². The van der Waals surface area contributed by atoms with Crippen molar-refractivity contribution < 1.29 is 23.1 Å². The topological polar surface area (TPSA) is 98.5 Å². The Morgan fingerprint density at radius 1 is 1.23 bits per heavy atom. The van der Waals surface area contributed by atoms with Crippen LogP contribution < -0.4 is 0 Å². The summed E-state index contributed by atoms with van der Waals surface area (Å²) in [4.78, 5) is 15.9. The van der Waals surface area contributed by atoms with Gasteiger partial charge in [-0.25, -0.2) is 22.2 Å². The van der Waals surface area contributed by atoms with Crippen molar-refractivity contribution in [1.29, 1.82) is 0 Å². The van der Waals surface area contributed by atoms with E-state index in [1.165, 1.54) is 29.2 Å². The minimum absolute atomic E-state index is 0.0801. The fraction of sp³-hybridized carbons (Fsp3) is 0.238. The molecule has 2 aromatic carbocycles. The first kappa shape index (κ1) is 21.8. The number of hydrogen-bond donors (Lipinski definition) is 1. The number of carboxylic acid groups (broad SMARTS) is 1. The first-order valence-corrected chi connectivity index (χ1v) is 11.9. The van der Waals surface area contributed by atoms with Gasteiger partial charge in [-0.2, -0.15) is 0 Å². The van der Waals surface area contributed by atoms with Crippen molar-refractivity contribution in [3.8, 4) is 0 Å². The van der Waals surface area contributed by atoms with E-state index in [1.807, 2.05) is 6.92 Å². The molecule has 0 saturated heterocycles. The molecule has 0 fully saturated rings. The van der Waals surface area contributed by atoms with Crippen molar-refractivity contribution in [2.45, 2.75) is 37.9 Å². The minimum Gasteiger partial charge on any atom is -0.479 e. The number of carboxylic acids is 1. The lowest BCUT2D eigenvalue weighted by Crippen LogP contribution is -2.34. The number of rotatable bonds is 6. The quantitative estimate of drug-likeness (QED) is 0.426. The van der Waals surface area contributed by atoms with Gasteiger partial charge in [0.15, 0.2) is 5.60 Å². The van der Waals surface area contributed by atoms with E-state index < -0.39 is 21.6 Å². The van der Waals surface area contributed by atoms with Crippen LogP contribution in [0.25, 0.3) is 21.1 Å². The number of carbonyl (C=O) groups is 1. The summed E-state index contributed by atoms with van der Waals surface area (Å²) < 4.78 is 34.9. The molecule has 0 aliphatic heterocycles. The summed E-state index contributed by atoms with van der Waals surface area (Å²) >= 11 is 7.58.